The van der Waals surface area contributed by atoms with E-state index in [1.807, 2.05) is 6.08 Å². The summed E-state index contributed by atoms with van der Waals surface area (Å²) in [6.45, 7) is 2.16. The van der Waals surface area contributed by atoms with Crippen molar-refractivity contribution >= 4 is 17.1 Å². The zero-order chi connectivity index (χ0) is 5.28. The summed E-state index contributed by atoms with van der Waals surface area (Å²) in [4.78, 5) is 1.11. The van der Waals surface area contributed by atoms with Gasteiger partial charge in [0.2, 0.25) is 0 Å². The lowest BCUT2D eigenvalue weighted by Gasteiger charge is -1.95. The molecule has 0 aromatic rings. The van der Waals surface area contributed by atoms with Crippen molar-refractivity contribution in [2.24, 2.45) is 5.92 Å². The normalized spacial score (nSPS) is 29.3. The molecular formula is C6H8S. The molecular weight excluding hydrogens is 104 g/mol. The van der Waals surface area contributed by atoms with Gasteiger partial charge in [0, 0.05) is 4.86 Å². The van der Waals surface area contributed by atoms with Crippen molar-refractivity contribution in [1.82, 2.24) is 0 Å². The number of hydrogen-bond donors (Lipinski definition) is 0. The Morgan fingerprint density at radius 3 is 2.71 bits per heavy atom. The Kier molecular flexibility index (Phi) is 1.24. The first-order valence-corrected chi connectivity index (χ1v) is 2.92. The van der Waals surface area contributed by atoms with Crippen LogP contribution in [0.1, 0.15) is 13.3 Å². The maximum Gasteiger partial charge on any atom is 0.0180 e. The quantitative estimate of drug-likeness (QED) is 0.432. The molecule has 0 N–H and O–H groups in total. The van der Waals surface area contributed by atoms with E-state index in [0.29, 0.717) is 5.92 Å². The Morgan fingerprint density at radius 2 is 2.57 bits per heavy atom. The average molecular weight is 112 g/mol. The molecule has 0 saturated carbocycles. The Labute approximate surface area is 49.2 Å². The monoisotopic (exact) mass is 112 g/mol. The van der Waals surface area contributed by atoms with Gasteiger partial charge in [0.05, 0.1) is 0 Å². The van der Waals surface area contributed by atoms with E-state index in [9.17, 15) is 0 Å². The van der Waals surface area contributed by atoms with Crippen molar-refractivity contribution < 1.29 is 0 Å². The van der Waals surface area contributed by atoms with Gasteiger partial charge in [-0.1, -0.05) is 31.3 Å². The summed E-state index contributed by atoms with van der Waals surface area (Å²) in [5, 5.41) is 0. The number of thiocarbonyl (C=S) groups is 1. The van der Waals surface area contributed by atoms with Gasteiger partial charge in [0.15, 0.2) is 0 Å². The minimum absolute atomic E-state index is 0.634. The van der Waals surface area contributed by atoms with Crippen LogP contribution >= 0.6 is 12.2 Å². The van der Waals surface area contributed by atoms with Crippen molar-refractivity contribution in [3.8, 4) is 0 Å². The molecule has 1 aliphatic carbocycles. The minimum atomic E-state index is 0.634. The topological polar surface area (TPSA) is 0 Å². The standard InChI is InChI=1S/C6H8S/c1-5-3-2-4-6(5)7/h2,4-5H,3H2,1H3. The van der Waals surface area contributed by atoms with Crippen LogP contribution in [0.5, 0.6) is 0 Å². The van der Waals surface area contributed by atoms with Crippen molar-refractivity contribution in [2.45, 2.75) is 13.3 Å². The Balaban J connectivity index is 2.62. The zero-order valence-corrected chi connectivity index (χ0v) is 5.16. The van der Waals surface area contributed by atoms with Crippen molar-refractivity contribution in [3.63, 3.8) is 0 Å². The van der Waals surface area contributed by atoms with E-state index in [2.05, 4.69) is 13.0 Å². The molecule has 0 aromatic carbocycles. The summed E-state index contributed by atoms with van der Waals surface area (Å²) in [5.41, 5.74) is 0. The molecule has 1 heteroatoms. The first kappa shape index (κ1) is 4.98. The third-order valence-electron chi connectivity index (χ3n) is 1.26. The fourth-order valence-corrected chi connectivity index (χ4v) is 0.861. The number of hydrogen-bond acceptors (Lipinski definition) is 1. The number of rotatable bonds is 0. The molecule has 0 aliphatic heterocycles. The SMILES string of the molecule is CC1CC=CC1=S. The first-order valence-electron chi connectivity index (χ1n) is 2.51. The first-order chi connectivity index (χ1) is 3.30. The largest absolute Gasteiger partial charge is 0.0846 e. The van der Waals surface area contributed by atoms with E-state index in [1.54, 1.807) is 0 Å². The van der Waals surface area contributed by atoms with Gasteiger partial charge in [-0.25, -0.2) is 0 Å². The molecule has 0 bridgehead atoms. The van der Waals surface area contributed by atoms with Crippen molar-refractivity contribution in [3.05, 3.63) is 12.2 Å². The van der Waals surface area contributed by atoms with Gasteiger partial charge in [-0.2, -0.15) is 0 Å². The van der Waals surface area contributed by atoms with Gasteiger partial charge >= 0.3 is 0 Å². The molecule has 0 nitrogen and oxygen atoms in total. The van der Waals surface area contributed by atoms with Crippen LogP contribution < -0.4 is 0 Å². The van der Waals surface area contributed by atoms with E-state index in [0.717, 1.165) is 11.3 Å². The van der Waals surface area contributed by atoms with Crippen LogP contribution in [0.3, 0.4) is 0 Å². The molecule has 38 valence electrons. The molecule has 0 spiro atoms. The molecule has 0 heterocycles. The minimum Gasteiger partial charge on any atom is -0.0846 e. The van der Waals surface area contributed by atoms with E-state index < -0.39 is 0 Å². The van der Waals surface area contributed by atoms with Crippen LogP contribution in [0.15, 0.2) is 12.2 Å². The highest BCUT2D eigenvalue weighted by Gasteiger charge is 2.07. The Bertz CT molecular complexity index is 113. The van der Waals surface area contributed by atoms with Crippen LogP contribution in [-0.2, 0) is 0 Å². The van der Waals surface area contributed by atoms with Gasteiger partial charge < -0.3 is 0 Å². The molecule has 7 heavy (non-hydrogen) atoms. The maximum absolute atomic E-state index is 4.95. The molecule has 1 aliphatic rings. The summed E-state index contributed by atoms with van der Waals surface area (Å²) in [6.07, 6.45) is 5.31. The summed E-state index contributed by atoms with van der Waals surface area (Å²) in [6, 6.07) is 0. The lowest BCUT2D eigenvalue weighted by Crippen LogP contribution is -1.96. The second-order valence-electron chi connectivity index (χ2n) is 1.94. The maximum atomic E-state index is 4.95. The fraction of sp³-hybridized carbons (Fsp3) is 0.500. The highest BCUT2D eigenvalue weighted by Crippen LogP contribution is 2.13. The molecule has 0 saturated heterocycles. The average Bonchev–Trinajstić information content (AvgIpc) is 1.91. The van der Waals surface area contributed by atoms with Gasteiger partial charge in [-0.05, 0) is 12.3 Å². The zero-order valence-electron chi connectivity index (χ0n) is 4.35. The van der Waals surface area contributed by atoms with Crippen LogP contribution in [0.25, 0.3) is 0 Å². The van der Waals surface area contributed by atoms with Gasteiger partial charge in [0.1, 0.15) is 0 Å². The molecule has 1 atom stereocenters. The lowest BCUT2D eigenvalue weighted by molar-refractivity contribution is 0.827. The highest BCUT2D eigenvalue weighted by molar-refractivity contribution is 7.80. The van der Waals surface area contributed by atoms with Gasteiger partial charge in [-0.15, -0.1) is 0 Å². The Morgan fingerprint density at radius 1 is 1.86 bits per heavy atom. The van der Waals surface area contributed by atoms with Crippen molar-refractivity contribution in [1.29, 1.82) is 0 Å². The molecule has 1 rings (SSSR count). The number of allylic oxidation sites excluding steroid dienone is 2. The Hall–Kier alpha value is -0.170. The van der Waals surface area contributed by atoms with E-state index in [4.69, 9.17) is 12.2 Å². The second-order valence-corrected chi connectivity index (χ2v) is 2.41. The summed E-state index contributed by atoms with van der Waals surface area (Å²) < 4.78 is 0. The second kappa shape index (κ2) is 1.74. The van der Waals surface area contributed by atoms with E-state index in [-0.39, 0.29) is 0 Å². The van der Waals surface area contributed by atoms with E-state index in [1.165, 1.54) is 0 Å². The van der Waals surface area contributed by atoms with Gasteiger partial charge in [0.25, 0.3) is 0 Å². The molecule has 0 aromatic heterocycles. The highest BCUT2D eigenvalue weighted by atomic mass is 32.1. The third-order valence-corrected chi connectivity index (χ3v) is 1.80. The summed E-state index contributed by atoms with van der Waals surface area (Å²) in [5.74, 6) is 0.634. The van der Waals surface area contributed by atoms with Crippen LogP contribution in [0.2, 0.25) is 0 Å². The molecule has 0 radical (unpaired) electrons. The van der Waals surface area contributed by atoms with Crippen molar-refractivity contribution in [2.75, 3.05) is 0 Å². The van der Waals surface area contributed by atoms with Crippen LogP contribution in [0, 0.1) is 5.92 Å². The predicted molar refractivity (Wildman–Crippen MR) is 35.5 cm³/mol. The third kappa shape index (κ3) is 0.885. The smallest absolute Gasteiger partial charge is 0.0180 e. The van der Waals surface area contributed by atoms with Crippen LogP contribution in [-0.4, -0.2) is 4.86 Å². The van der Waals surface area contributed by atoms with Gasteiger partial charge in [-0.3, -0.25) is 0 Å². The summed E-state index contributed by atoms with van der Waals surface area (Å²) >= 11 is 4.95. The lowest BCUT2D eigenvalue weighted by atomic mass is 10.1. The van der Waals surface area contributed by atoms with E-state index >= 15 is 0 Å². The van der Waals surface area contributed by atoms with Crippen LogP contribution in [0.4, 0.5) is 0 Å². The molecule has 1 unspecified atom stereocenters. The molecule has 0 amide bonds. The molecule has 0 fully saturated rings. The fourth-order valence-electron chi connectivity index (χ4n) is 0.669. The predicted octanol–water partition coefficient (Wildman–Crippen LogP) is 1.95. The summed E-state index contributed by atoms with van der Waals surface area (Å²) in [7, 11) is 0.